The van der Waals surface area contributed by atoms with E-state index in [1.54, 1.807) is 0 Å². The molecule has 0 radical (unpaired) electrons. The molecule has 0 aliphatic rings. The number of benzene rings is 1. The van der Waals surface area contributed by atoms with E-state index in [0.29, 0.717) is 0 Å². The maximum atomic E-state index is 9.01. The van der Waals surface area contributed by atoms with Crippen LogP contribution in [0, 0.1) is 6.85 Å². The molecule has 0 unspecified atom stereocenters. The van der Waals surface area contributed by atoms with Crippen LogP contribution in [0.2, 0.25) is 0 Å². The van der Waals surface area contributed by atoms with Gasteiger partial charge in [0, 0.05) is 4.11 Å². The molecule has 0 amide bonds. The van der Waals surface area contributed by atoms with Crippen LogP contribution in [-0.4, -0.2) is 24.2 Å². The Morgan fingerprint density at radius 1 is 1.42 bits per heavy atom. The first-order valence-corrected chi connectivity index (χ1v) is 3.20. The summed E-state index contributed by atoms with van der Waals surface area (Å²) < 4.78 is 46.9. The Labute approximate surface area is 80.2 Å². The molecule has 0 heterocycles. The minimum Gasteiger partial charge on any atom is -0.497 e. The van der Waals surface area contributed by atoms with E-state index in [2.05, 4.69) is 4.74 Å². The van der Waals surface area contributed by atoms with Crippen molar-refractivity contribution >= 4 is 12.6 Å². The van der Waals surface area contributed by atoms with Gasteiger partial charge in [0.15, 0.2) is 0 Å². The molecular weight excluding hydrogens is 155 g/mol. The van der Waals surface area contributed by atoms with Gasteiger partial charge in [0.1, 0.15) is 5.75 Å². The molecule has 2 N–H and O–H groups in total. The topological polar surface area (TPSA) is 49.7 Å². The van der Waals surface area contributed by atoms with Crippen molar-refractivity contribution in [3.8, 4) is 5.75 Å². The summed E-state index contributed by atoms with van der Waals surface area (Å²) in [5.41, 5.74) is -0.379. The second kappa shape index (κ2) is 3.60. The molecular formula is C8H11BO3. The van der Waals surface area contributed by atoms with Crippen molar-refractivity contribution in [2.24, 2.45) is 0 Å². The summed E-state index contributed by atoms with van der Waals surface area (Å²) in [5.74, 6) is -0.258. The highest BCUT2D eigenvalue weighted by molar-refractivity contribution is 6.58. The van der Waals surface area contributed by atoms with Crippen molar-refractivity contribution in [2.45, 2.75) is 6.85 Å². The number of methoxy groups -OCH3 is 1. The fraction of sp³-hybridized carbons (Fsp3) is 0.250. The zero-order chi connectivity index (χ0) is 14.1. The molecule has 0 saturated heterocycles. The molecule has 0 atom stereocenters. The highest BCUT2D eigenvalue weighted by Gasteiger charge is 2.11. The smallest absolute Gasteiger partial charge is 0.488 e. The van der Waals surface area contributed by atoms with E-state index >= 15 is 0 Å². The van der Waals surface area contributed by atoms with Crippen LogP contribution in [0.3, 0.4) is 0 Å². The van der Waals surface area contributed by atoms with Crippen molar-refractivity contribution in [2.75, 3.05) is 7.04 Å². The van der Waals surface area contributed by atoms with Crippen LogP contribution in [0.5, 0.6) is 5.75 Å². The molecule has 0 spiro atoms. The van der Waals surface area contributed by atoms with Crippen LogP contribution in [0.4, 0.5) is 0 Å². The lowest BCUT2D eigenvalue weighted by Crippen LogP contribution is -2.29. The van der Waals surface area contributed by atoms with Crippen LogP contribution in [0.15, 0.2) is 18.2 Å². The minimum absolute atomic E-state index is 0.150. The molecule has 12 heavy (non-hydrogen) atoms. The maximum Gasteiger partial charge on any atom is 0.488 e. The molecule has 0 saturated carbocycles. The fourth-order valence-electron chi connectivity index (χ4n) is 0.830. The lowest BCUT2D eigenvalue weighted by molar-refractivity contribution is 0.411. The summed E-state index contributed by atoms with van der Waals surface area (Å²) in [7, 11) is -4.66. The standard InChI is InChI=1S/C8H11BO3/c1-6-3-7(9(10)11)5-8(4-6)12-2/h3-5,10-11H,1-2H3/i1D3,2D3. The molecule has 1 aromatic rings. The lowest BCUT2D eigenvalue weighted by atomic mass is 9.79. The number of ether oxygens (including phenoxy) is 1. The van der Waals surface area contributed by atoms with E-state index in [0.717, 1.165) is 18.2 Å². The van der Waals surface area contributed by atoms with Gasteiger partial charge >= 0.3 is 7.12 Å². The SMILES string of the molecule is [2H]C([2H])([2H])Oc1cc(B(O)O)cc(C([2H])([2H])[2H])c1. The zero-order valence-electron chi connectivity index (χ0n) is 12.1. The van der Waals surface area contributed by atoms with Crippen LogP contribution in [0.25, 0.3) is 0 Å². The van der Waals surface area contributed by atoms with Crippen molar-refractivity contribution in [3.05, 3.63) is 23.8 Å². The zero-order valence-corrected chi connectivity index (χ0v) is 6.11. The van der Waals surface area contributed by atoms with Crippen LogP contribution >= 0.6 is 0 Å². The van der Waals surface area contributed by atoms with Crippen LogP contribution < -0.4 is 10.2 Å². The largest absolute Gasteiger partial charge is 0.497 e. The predicted octanol–water partition coefficient (Wildman–Crippen LogP) is -0.317. The molecule has 0 aromatic heterocycles. The van der Waals surface area contributed by atoms with Crippen LogP contribution in [-0.2, 0) is 0 Å². The first kappa shape index (κ1) is 3.81. The Hall–Kier alpha value is -0.995. The molecule has 64 valence electrons. The quantitative estimate of drug-likeness (QED) is 0.601. The third-order valence-corrected chi connectivity index (χ3v) is 1.34. The van der Waals surface area contributed by atoms with Gasteiger partial charge in [0.2, 0.25) is 0 Å². The summed E-state index contributed by atoms with van der Waals surface area (Å²) >= 11 is 0. The second-order valence-electron chi connectivity index (χ2n) is 2.27. The lowest BCUT2D eigenvalue weighted by Gasteiger charge is -2.05. The molecule has 0 aliphatic carbocycles. The van der Waals surface area contributed by atoms with Gasteiger partial charge in [-0.25, -0.2) is 0 Å². The normalized spacial score (nSPS) is 19.2. The summed E-state index contributed by atoms with van der Waals surface area (Å²) in [4.78, 5) is 0. The van der Waals surface area contributed by atoms with E-state index < -0.39 is 21.0 Å². The number of aryl methyl sites for hydroxylation is 1. The van der Waals surface area contributed by atoms with E-state index in [1.807, 2.05) is 0 Å². The highest BCUT2D eigenvalue weighted by Crippen LogP contribution is 2.09. The van der Waals surface area contributed by atoms with Gasteiger partial charge in [-0.3, -0.25) is 0 Å². The summed E-state index contributed by atoms with van der Waals surface area (Å²) in [6.45, 7) is -2.50. The Bertz CT molecular complexity index is 428. The molecule has 1 aromatic carbocycles. The van der Waals surface area contributed by atoms with Gasteiger partial charge in [0.05, 0.1) is 11.2 Å². The minimum atomic E-state index is -2.74. The number of hydrogen-bond donors (Lipinski definition) is 2. The van der Waals surface area contributed by atoms with Crippen molar-refractivity contribution in [3.63, 3.8) is 0 Å². The summed E-state index contributed by atoms with van der Waals surface area (Å²) in [6, 6.07) is 3.15. The molecule has 4 heteroatoms. The molecule has 0 bridgehead atoms. The average Bonchev–Trinajstić information content (AvgIpc) is 2.12. The molecule has 0 aliphatic heterocycles. The maximum absolute atomic E-state index is 9.01. The van der Waals surface area contributed by atoms with Gasteiger partial charge in [-0.1, -0.05) is 6.07 Å². The van der Waals surface area contributed by atoms with E-state index in [-0.39, 0.29) is 16.8 Å². The van der Waals surface area contributed by atoms with Gasteiger partial charge in [-0.2, -0.15) is 0 Å². The molecule has 3 nitrogen and oxygen atoms in total. The molecule has 1 rings (SSSR count). The van der Waals surface area contributed by atoms with Crippen molar-refractivity contribution < 1.29 is 23.0 Å². The third-order valence-electron chi connectivity index (χ3n) is 1.34. The molecule has 0 fully saturated rings. The van der Waals surface area contributed by atoms with Gasteiger partial charge < -0.3 is 14.8 Å². The van der Waals surface area contributed by atoms with Gasteiger partial charge in [-0.15, -0.1) is 0 Å². The van der Waals surface area contributed by atoms with Crippen LogP contribution in [0.1, 0.15) is 13.8 Å². The van der Waals surface area contributed by atoms with E-state index in [1.165, 1.54) is 0 Å². The number of hydrogen-bond acceptors (Lipinski definition) is 3. The highest BCUT2D eigenvalue weighted by atomic mass is 16.5. The first-order chi connectivity index (χ1) is 7.99. The average molecular weight is 172 g/mol. The second-order valence-corrected chi connectivity index (χ2v) is 2.27. The monoisotopic (exact) mass is 172 g/mol. The Balaban J connectivity index is 3.23. The Kier molecular flexibility index (Phi) is 1.14. The van der Waals surface area contributed by atoms with E-state index in [9.17, 15) is 0 Å². The van der Waals surface area contributed by atoms with Crippen molar-refractivity contribution in [1.29, 1.82) is 0 Å². The Morgan fingerprint density at radius 3 is 2.83 bits per heavy atom. The van der Waals surface area contributed by atoms with Gasteiger partial charge in [-0.05, 0) is 30.0 Å². The fourth-order valence-corrected chi connectivity index (χ4v) is 0.830. The van der Waals surface area contributed by atoms with E-state index in [4.69, 9.17) is 18.3 Å². The third kappa shape index (κ3) is 2.00. The van der Waals surface area contributed by atoms with Gasteiger partial charge in [0.25, 0.3) is 0 Å². The number of rotatable bonds is 2. The Morgan fingerprint density at radius 2 is 2.25 bits per heavy atom. The summed E-state index contributed by atoms with van der Waals surface area (Å²) in [6.07, 6.45) is 0. The summed E-state index contributed by atoms with van der Waals surface area (Å²) in [5, 5.41) is 18.0. The van der Waals surface area contributed by atoms with Crippen molar-refractivity contribution in [1.82, 2.24) is 0 Å². The predicted molar refractivity (Wildman–Crippen MR) is 47.6 cm³/mol. The first-order valence-electron chi connectivity index (χ1n) is 6.20.